The van der Waals surface area contributed by atoms with Crippen LogP contribution in [0.15, 0.2) is 36.8 Å². The van der Waals surface area contributed by atoms with Crippen LogP contribution >= 0.6 is 0 Å². The Morgan fingerprint density at radius 2 is 2.00 bits per heavy atom. The molecule has 10 heteroatoms. The van der Waals surface area contributed by atoms with Gasteiger partial charge in [-0.3, -0.25) is 0 Å². The number of fused-ring (bicyclic) bond motifs is 3. The lowest BCUT2D eigenvalue weighted by atomic mass is 9.80. The summed E-state index contributed by atoms with van der Waals surface area (Å²) in [5, 5.41) is 21.7. The van der Waals surface area contributed by atoms with Crippen molar-refractivity contribution in [2.24, 2.45) is 5.92 Å². The SMILES string of the molecule is N#Cc1ccc(NC[C@H]2CC[C@H](c3nnn4cnc5[nH]ccc5c34)CC2)cc1C(F)(F)F. The Balaban J connectivity index is 1.25. The molecule has 1 saturated carbocycles. The summed E-state index contributed by atoms with van der Waals surface area (Å²) in [5.41, 5.74) is 1.87. The molecule has 3 aromatic heterocycles. The van der Waals surface area contributed by atoms with Gasteiger partial charge in [-0.15, -0.1) is 5.10 Å². The number of aromatic nitrogens is 5. The van der Waals surface area contributed by atoms with E-state index in [2.05, 4.69) is 25.6 Å². The molecule has 4 aromatic rings. The molecule has 0 radical (unpaired) electrons. The number of anilines is 1. The van der Waals surface area contributed by atoms with Crippen molar-refractivity contribution < 1.29 is 13.2 Å². The lowest BCUT2D eigenvalue weighted by Gasteiger charge is -2.28. The highest BCUT2D eigenvalue weighted by Gasteiger charge is 2.34. The molecule has 7 nitrogen and oxygen atoms in total. The summed E-state index contributed by atoms with van der Waals surface area (Å²) in [4.78, 5) is 7.45. The molecular weight excluding hydrogens is 419 g/mol. The topological polar surface area (TPSA) is 94.7 Å². The molecule has 0 aliphatic heterocycles. The van der Waals surface area contributed by atoms with E-state index in [1.165, 1.54) is 12.1 Å². The summed E-state index contributed by atoms with van der Waals surface area (Å²) in [6, 6.07) is 7.35. The van der Waals surface area contributed by atoms with Crippen LogP contribution in [0.25, 0.3) is 16.6 Å². The van der Waals surface area contributed by atoms with Crippen molar-refractivity contribution in [3.8, 4) is 6.07 Å². The molecule has 3 heterocycles. The summed E-state index contributed by atoms with van der Waals surface area (Å²) in [7, 11) is 0. The molecular formula is C22H20F3N7. The van der Waals surface area contributed by atoms with Crippen LogP contribution < -0.4 is 5.32 Å². The van der Waals surface area contributed by atoms with Gasteiger partial charge in [-0.05, 0) is 55.9 Å². The Labute approximate surface area is 181 Å². The molecule has 0 spiro atoms. The van der Waals surface area contributed by atoms with E-state index in [0.717, 1.165) is 54.0 Å². The average molecular weight is 439 g/mol. The first kappa shape index (κ1) is 20.3. The summed E-state index contributed by atoms with van der Waals surface area (Å²) in [5.74, 6) is 0.642. The molecule has 32 heavy (non-hydrogen) atoms. The van der Waals surface area contributed by atoms with Crippen molar-refractivity contribution in [1.82, 2.24) is 24.8 Å². The Morgan fingerprint density at radius 3 is 2.75 bits per heavy atom. The van der Waals surface area contributed by atoms with Crippen LogP contribution in [0.2, 0.25) is 0 Å². The fraction of sp³-hybridized carbons (Fsp3) is 0.364. The van der Waals surface area contributed by atoms with Gasteiger partial charge < -0.3 is 10.3 Å². The summed E-state index contributed by atoms with van der Waals surface area (Å²) in [6.07, 6.45) is 2.73. The number of benzene rings is 1. The zero-order chi connectivity index (χ0) is 22.3. The molecule has 2 N–H and O–H groups in total. The number of H-pyrrole nitrogens is 1. The van der Waals surface area contributed by atoms with Gasteiger partial charge in [-0.1, -0.05) is 5.21 Å². The molecule has 0 atom stereocenters. The zero-order valence-corrected chi connectivity index (χ0v) is 17.0. The smallest absolute Gasteiger partial charge is 0.385 e. The van der Waals surface area contributed by atoms with Gasteiger partial charge in [0.05, 0.1) is 22.9 Å². The summed E-state index contributed by atoms with van der Waals surface area (Å²) in [6.45, 7) is 0.587. The van der Waals surface area contributed by atoms with Crippen LogP contribution in [0.4, 0.5) is 18.9 Å². The van der Waals surface area contributed by atoms with E-state index in [9.17, 15) is 13.2 Å². The molecule has 0 bridgehead atoms. The number of nitrogens with one attached hydrogen (secondary N) is 2. The molecule has 0 unspecified atom stereocenters. The van der Waals surface area contributed by atoms with Crippen LogP contribution in [-0.4, -0.2) is 31.3 Å². The normalized spacial score (nSPS) is 19.3. The van der Waals surface area contributed by atoms with Gasteiger partial charge in [0, 0.05) is 29.7 Å². The van der Waals surface area contributed by atoms with Gasteiger partial charge in [0.2, 0.25) is 0 Å². The zero-order valence-electron chi connectivity index (χ0n) is 17.0. The highest BCUT2D eigenvalue weighted by Crippen LogP contribution is 2.38. The maximum atomic E-state index is 13.2. The molecule has 1 aliphatic carbocycles. The lowest BCUT2D eigenvalue weighted by molar-refractivity contribution is -0.137. The fourth-order valence-electron chi connectivity index (χ4n) is 4.58. The third-order valence-corrected chi connectivity index (χ3v) is 6.27. The first-order valence-corrected chi connectivity index (χ1v) is 10.5. The minimum absolute atomic E-state index is 0.288. The van der Waals surface area contributed by atoms with E-state index in [1.807, 2.05) is 12.3 Å². The van der Waals surface area contributed by atoms with E-state index < -0.39 is 11.7 Å². The monoisotopic (exact) mass is 439 g/mol. The Bertz CT molecular complexity index is 1310. The van der Waals surface area contributed by atoms with E-state index in [-0.39, 0.29) is 11.5 Å². The number of alkyl halides is 3. The molecule has 164 valence electrons. The minimum atomic E-state index is -4.55. The minimum Gasteiger partial charge on any atom is -0.385 e. The highest BCUT2D eigenvalue weighted by atomic mass is 19.4. The quantitative estimate of drug-likeness (QED) is 0.473. The maximum absolute atomic E-state index is 13.2. The summed E-state index contributed by atoms with van der Waals surface area (Å²) < 4.78 is 41.2. The second-order valence-electron chi connectivity index (χ2n) is 8.22. The maximum Gasteiger partial charge on any atom is 0.417 e. The first-order valence-electron chi connectivity index (χ1n) is 10.5. The highest BCUT2D eigenvalue weighted by molar-refractivity contribution is 5.92. The van der Waals surface area contributed by atoms with Crippen LogP contribution in [0, 0.1) is 17.2 Å². The van der Waals surface area contributed by atoms with Gasteiger partial charge >= 0.3 is 6.18 Å². The number of nitrogens with zero attached hydrogens (tertiary/aromatic N) is 5. The molecule has 5 rings (SSSR count). The van der Waals surface area contributed by atoms with Gasteiger partial charge in [0.25, 0.3) is 0 Å². The van der Waals surface area contributed by atoms with E-state index in [1.54, 1.807) is 16.9 Å². The van der Waals surface area contributed by atoms with Crippen LogP contribution in [0.1, 0.15) is 48.4 Å². The van der Waals surface area contributed by atoms with E-state index in [0.29, 0.717) is 18.2 Å². The predicted molar refractivity (Wildman–Crippen MR) is 112 cm³/mol. The van der Waals surface area contributed by atoms with Crippen molar-refractivity contribution in [1.29, 1.82) is 5.26 Å². The number of hydrogen-bond donors (Lipinski definition) is 2. The standard InChI is InChI=1S/C22H20F3N7/c23-22(24,25)18-9-16(6-5-15(18)10-26)28-11-13-1-3-14(4-2-13)19-20-17-7-8-27-21(17)29-12-32(20)31-30-19/h5-9,12-14,27-28H,1-4,11H2/t13-,14-. The van der Waals surface area contributed by atoms with Crippen molar-refractivity contribution in [2.75, 3.05) is 11.9 Å². The second-order valence-corrected chi connectivity index (χ2v) is 8.22. The Kier molecular flexibility index (Phi) is 4.96. The second kappa shape index (κ2) is 7.82. The molecule has 0 amide bonds. The van der Waals surface area contributed by atoms with Gasteiger partial charge in [0.1, 0.15) is 17.5 Å². The fourth-order valence-corrected chi connectivity index (χ4v) is 4.58. The molecule has 1 aromatic carbocycles. The Morgan fingerprint density at radius 1 is 1.19 bits per heavy atom. The number of halogens is 3. The van der Waals surface area contributed by atoms with Crippen LogP contribution in [-0.2, 0) is 6.18 Å². The van der Waals surface area contributed by atoms with Gasteiger partial charge in [-0.25, -0.2) is 9.50 Å². The van der Waals surface area contributed by atoms with Crippen molar-refractivity contribution >= 4 is 22.2 Å². The van der Waals surface area contributed by atoms with Crippen molar-refractivity contribution in [3.63, 3.8) is 0 Å². The number of hydrogen-bond acceptors (Lipinski definition) is 5. The molecule has 1 aliphatic rings. The lowest BCUT2D eigenvalue weighted by Crippen LogP contribution is -2.21. The first-order chi connectivity index (χ1) is 15.4. The average Bonchev–Trinajstić information content (AvgIpc) is 3.44. The third-order valence-electron chi connectivity index (χ3n) is 6.27. The largest absolute Gasteiger partial charge is 0.417 e. The van der Waals surface area contributed by atoms with E-state index in [4.69, 9.17) is 5.26 Å². The predicted octanol–water partition coefficient (Wildman–Crippen LogP) is 4.88. The molecule has 0 saturated heterocycles. The number of aromatic amines is 1. The van der Waals surface area contributed by atoms with Crippen LogP contribution in [0.3, 0.4) is 0 Å². The van der Waals surface area contributed by atoms with Crippen molar-refractivity contribution in [2.45, 2.75) is 37.8 Å². The third kappa shape index (κ3) is 3.64. The number of rotatable bonds is 4. The number of nitriles is 1. The van der Waals surface area contributed by atoms with Gasteiger partial charge in [0.15, 0.2) is 0 Å². The van der Waals surface area contributed by atoms with Crippen LogP contribution in [0.5, 0.6) is 0 Å². The summed E-state index contributed by atoms with van der Waals surface area (Å²) >= 11 is 0. The van der Waals surface area contributed by atoms with E-state index >= 15 is 0 Å². The molecule has 1 fully saturated rings. The van der Waals surface area contributed by atoms with Gasteiger partial charge in [-0.2, -0.15) is 18.4 Å². The van der Waals surface area contributed by atoms with Crippen molar-refractivity contribution in [3.05, 3.63) is 53.6 Å². The Hall–Kier alpha value is -3.61.